The van der Waals surface area contributed by atoms with Crippen LogP contribution in [0.5, 0.6) is 5.75 Å². The smallest absolute Gasteiger partial charge is 0.381 e. The molecule has 0 spiro atoms. The first-order chi connectivity index (χ1) is 13.0. The molecule has 0 aliphatic carbocycles. The van der Waals surface area contributed by atoms with Crippen molar-refractivity contribution in [3.63, 3.8) is 0 Å². The molecule has 0 aliphatic rings. The van der Waals surface area contributed by atoms with E-state index in [0.717, 1.165) is 12.8 Å². The number of hydrogen-bond acceptors (Lipinski definition) is 5. The molecule has 150 valence electrons. The van der Waals surface area contributed by atoms with Crippen LogP contribution in [-0.2, 0) is 19.2 Å². The average molecular weight is 376 g/mol. The minimum Gasteiger partial charge on any atom is -0.462 e. The highest BCUT2D eigenvalue weighted by Gasteiger charge is 2.08. The minimum absolute atomic E-state index is 0.310. The maximum Gasteiger partial charge on any atom is 0.381 e. The molecule has 0 fully saturated rings. The Kier molecular flexibility index (Phi) is 14.2. The number of benzene rings is 1. The molecule has 0 N–H and O–H groups in total. The molecule has 0 radical (unpaired) electrons. The van der Waals surface area contributed by atoms with Gasteiger partial charge in [0.1, 0.15) is 0 Å². The van der Waals surface area contributed by atoms with Gasteiger partial charge in [-0.2, -0.15) is 0 Å². The quantitative estimate of drug-likeness (QED) is 0.223. The number of carbonyl (C=O) groups is 2. The van der Waals surface area contributed by atoms with Crippen molar-refractivity contribution in [3.05, 3.63) is 55.1 Å². The van der Waals surface area contributed by atoms with Crippen molar-refractivity contribution in [2.75, 3.05) is 6.61 Å². The number of hydrogen-bond donors (Lipinski definition) is 0. The topological polar surface area (TPSA) is 61.8 Å². The highest BCUT2D eigenvalue weighted by atomic mass is 17.2. The average Bonchev–Trinajstić information content (AvgIpc) is 2.72. The molecule has 5 heteroatoms. The molecule has 1 rings (SSSR count). The second-order valence-electron chi connectivity index (χ2n) is 5.97. The molecule has 1 unspecified atom stereocenters. The van der Waals surface area contributed by atoms with Crippen LogP contribution in [0.15, 0.2) is 55.1 Å². The molecular weight excluding hydrogens is 344 g/mol. The highest BCUT2D eigenvalue weighted by Crippen LogP contribution is 2.13. The summed E-state index contributed by atoms with van der Waals surface area (Å²) in [6, 6.07) is 8.82. The summed E-state index contributed by atoms with van der Waals surface area (Å²) in [5.41, 5.74) is 0.390. The Labute approximate surface area is 162 Å². The third-order valence-electron chi connectivity index (χ3n) is 3.84. The van der Waals surface area contributed by atoms with Crippen LogP contribution in [0.4, 0.5) is 0 Å². The Morgan fingerprint density at radius 2 is 1.81 bits per heavy atom. The number of unbranched alkanes of at least 4 members (excludes halogenated alkanes) is 1. The first-order valence-corrected chi connectivity index (χ1v) is 9.39. The van der Waals surface area contributed by atoms with Crippen LogP contribution in [0.1, 0.15) is 52.9 Å². The predicted octanol–water partition coefficient (Wildman–Crippen LogP) is 5.42. The highest BCUT2D eigenvalue weighted by molar-refractivity contribution is 5.87. The second kappa shape index (κ2) is 15.7. The molecule has 0 saturated carbocycles. The van der Waals surface area contributed by atoms with Crippen LogP contribution in [0.2, 0.25) is 0 Å². The van der Waals surface area contributed by atoms with E-state index in [4.69, 9.17) is 9.62 Å². The Bertz CT molecular complexity index is 565. The molecule has 0 amide bonds. The molecule has 1 aromatic carbocycles. The fourth-order valence-electron chi connectivity index (χ4n) is 1.92. The molecule has 5 nitrogen and oxygen atoms in total. The van der Waals surface area contributed by atoms with Crippen LogP contribution >= 0.6 is 0 Å². The van der Waals surface area contributed by atoms with E-state index < -0.39 is 5.97 Å². The van der Waals surface area contributed by atoms with Crippen molar-refractivity contribution in [3.8, 4) is 5.75 Å². The van der Waals surface area contributed by atoms with E-state index in [-0.39, 0.29) is 5.97 Å². The summed E-state index contributed by atoms with van der Waals surface area (Å²) >= 11 is 0. The van der Waals surface area contributed by atoms with Crippen molar-refractivity contribution < 1.29 is 24.1 Å². The predicted molar refractivity (Wildman–Crippen MR) is 107 cm³/mol. The third kappa shape index (κ3) is 12.4. The van der Waals surface area contributed by atoms with Crippen LogP contribution in [0.25, 0.3) is 0 Å². The fraction of sp³-hybridized carbons (Fsp3) is 0.455. The van der Waals surface area contributed by atoms with Gasteiger partial charge in [0.15, 0.2) is 5.75 Å². The van der Waals surface area contributed by atoms with Gasteiger partial charge in [0.25, 0.3) is 0 Å². The summed E-state index contributed by atoms with van der Waals surface area (Å²) in [5, 5.41) is 0. The molecule has 1 atom stereocenters. The van der Waals surface area contributed by atoms with Gasteiger partial charge in [-0.3, -0.25) is 4.89 Å². The minimum atomic E-state index is -0.531. The van der Waals surface area contributed by atoms with Gasteiger partial charge in [-0.15, -0.1) is 0 Å². The number of esters is 1. The SMILES string of the molecule is C=C(CC)C(=O)OOc1ccccc1.C=CC(=O)OCC(CC)CCCC. The van der Waals surface area contributed by atoms with Gasteiger partial charge in [-0.1, -0.05) is 71.4 Å². The lowest BCUT2D eigenvalue weighted by Gasteiger charge is -2.13. The van der Waals surface area contributed by atoms with Gasteiger partial charge in [0.2, 0.25) is 0 Å². The summed E-state index contributed by atoms with van der Waals surface area (Å²) in [5.74, 6) is 0.167. The first-order valence-electron chi connectivity index (χ1n) is 9.39. The van der Waals surface area contributed by atoms with Gasteiger partial charge < -0.3 is 4.74 Å². The molecule has 0 heterocycles. The summed E-state index contributed by atoms with van der Waals surface area (Å²) < 4.78 is 4.98. The van der Waals surface area contributed by atoms with E-state index in [1.807, 2.05) is 13.0 Å². The van der Waals surface area contributed by atoms with E-state index >= 15 is 0 Å². The number of carbonyl (C=O) groups excluding carboxylic acids is 2. The normalized spacial score (nSPS) is 10.6. The molecule has 0 aliphatic heterocycles. The van der Waals surface area contributed by atoms with Crippen LogP contribution < -0.4 is 4.89 Å². The van der Waals surface area contributed by atoms with Gasteiger partial charge in [-0.05, 0) is 30.9 Å². The van der Waals surface area contributed by atoms with Crippen LogP contribution in [-0.4, -0.2) is 18.5 Å². The Balaban J connectivity index is 0.000000503. The third-order valence-corrected chi connectivity index (χ3v) is 3.84. The van der Waals surface area contributed by atoms with E-state index in [9.17, 15) is 9.59 Å². The van der Waals surface area contributed by atoms with Gasteiger partial charge >= 0.3 is 11.9 Å². The van der Waals surface area contributed by atoms with Crippen molar-refractivity contribution in [1.29, 1.82) is 0 Å². The summed E-state index contributed by atoms with van der Waals surface area (Å²) in [7, 11) is 0. The molecule has 27 heavy (non-hydrogen) atoms. The van der Waals surface area contributed by atoms with E-state index in [1.54, 1.807) is 24.3 Å². The van der Waals surface area contributed by atoms with Gasteiger partial charge in [0, 0.05) is 11.6 Å². The first kappa shape index (κ1) is 24.4. The van der Waals surface area contributed by atoms with E-state index in [2.05, 4.69) is 31.9 Å². The van der Waals surface area contributed by atoms with Crippen molar-refractivity contribution >= 4 is 11.9 Å². The van der Waals surface area contributed by atoms with Crippen molar-refractivity contribution in [2.45, 2.75) is 52.9 Å². The lowest BCUT2D eigenvalue weighted by Crippen LogP contribution is -2.12. The Morgan fingerprint density at radius 1 is 1.15 bits per heavy atom. The summed E-state index contributed by atoms with van der Waals surface area (Å²) in [6.07, 6.45) is 6.40. The summed E-state index contributed by atoms with van der Waals surface area (Å²) in [6.45, 7) is 13.5. The van der Waals surface area contributed by atoms with Gasteiger partial charge in [0.05, 0.1) is 6.61 Å². The molecule has 0 bridgehead atoms. The fourth-order valence-corrected chi connectivity index (χ4v) is 1.92. The standard InChI is InChI=1S/C11H12O3.C11H20O2/c1-3-9(2)11(12)14-13-10-7-5-4-6-8-10;1-4-7-8-10(5-2)9-13-11(12)6-3/h4-8H,2-3H2,1H3;6,10H,3-5,7-9H2,1-2H3. The zero-order valence-corrected chi connectivity index (χ0v) is 16.7. The Morgan fingerprint density at radius 3 is 2.33 bits per heavy atom. The maximum atomic E-state index is 11.1. The zero-order valence-electron chi connectivity index (χ0n) is 16.7. The van der Waals surface area contributed by atoms with E-state index in [1.165, 1.54) is 18.9 Å². The second-order valence-corrected chi connectivity index (χ2v) is 5.97. The summed E-state index contributed by atoms with van der Waals surface area (Å²) in [4.78, 5) is 31.2. The van der Waals surface area contributed by atoms with E-state index in [0.29, 0.717) is 30.3 Å². The zero-order chi connectivity index (χ0) is 20.5. The number of rotatable bonds is 11. The van der Waals surface area contributed by atoms with Crippen LogP contribution in [0, 0.1) is 5.92 Å². The number of ether oxygens (including phenoxy) is 1. The lowest BCUT2D eigenvalue weighted by molar-refractivity contribution is -0.208. The van der Waals surface area contributed by atoms with Crippen molar-refractivity contribution in [1.82, 2.24) is 0 Å². The van der Waals surface area contributed by atoms with Crippen LogP contribution in [0.3, 0.4) is 0 Å². The molecule has 1 aromatic rings. The molecule has 0 aromatic heterocycles. The monoisotopic (exact) mass is 376 g/mol. The number of para-hydroxylation sites is 1. The largest absolute Gasteiger partial charge is 0.462 e. The molecule has 0 saturated heterocycles. The lowest BCUT2D eigenvalue weighted by atomic mass is 10.0. The van der Waals surface area contributed by atoms with Gasteiger partial charge in [-0.25, -0.2) is 14.5 Å². The van der Waals surface area contributed by atoms with Crippen molar-refractivity contribution in [2.24, 2.45) is 5.92 Å². The molecular formula is C22H32O5. The maximum absolute atomic E-state index is 11.1. The Hall–Kier alpha value is -2.56.